The van der Waals surface area contributed by atoms with Crippen LogP contribution < -0.4 is 20.8 Å². The van der Waals surface area contributed by atoms with Crippen LogP contribution in [0.4, 0.5) is 0 Å². The molecule has 0 fully saturated rings. The molecule has 0 radical (unpaired) electrons. The van der Waals surface area contributed by atoms with Gasteiger partial charge >= 0.3 is 5.63 Å². The molecule has 7 nitrogen and oxygen atoms in total. The van der Waals surface area contributed by atoms with E-state index in [1.165, 1.54) is 19.1 Å². The highest BCUT2D eigenvalue weighted by Gasteiger charge is 2.23. The minimum Gasteiger partial charge on any atom is -0.548 e. The Bertz CT molecular complexity index is 1140. The van der Waals surface area contributed by atoms with E-state index in [1.54, 1.807) is 19.1 Å². The fourth-order valence-electron chi connectivity index (χ4n) is 3.27. The Balaban J connectivity index is 1.83. The van der Waals surface area contributed by atoms with Crippen LogP contribution in [0, 0.1) is 5.92 Å². The van der Waals surface area contributed by atoms with Gasteiger partial charge in [0.15, 0.2) is 6.10 Å². The number of benzene rings is 2. The second kappa shape index (κ2) is 9.47. The Labute approximate surface area is 179 Å². The van der Waals surface area contributed by atoms with Gasteiger partial charge in [-0.05, 0) is 36.1 Å². The number of ether oxygens (including phenoxy) is 1. The van der Waals surface area contributed by atoms with Crippen molar-refractivity contribution in [2.24, 2.45) is 5.92 Å². The number of carbonyl (C=O) groups is 2. The van der Waals surface area contributed by atoms with Gasteiger partial charge in [-0.15, -0.1) is 0 Å². The van der Waals surface area contributed by atoms with Crippen LogP contribution in [0.25, 0.3) is 22.1 Å². The van der Waals surface area contributed by atoms with Crippen LogP contribution in [0.1, 0.15) is 27.2 Å². The monoisotopic (exact) mass is 422 g/mol. The van der Waals surface area contributed by atoms with Crippen LogP contribution in [0.15, 0.2) is 63.8 Å². The number of nitrogens with one attached hydrogen (secondary N) is 1. The van der Waals surface area contributed by atoms with Gasteiger partial charge in [-0.25, -0.2) is 4.79 Å². The highest BCUT2D eigenvalue weighted by Crippen LogP contribution is 2.29. The average molecular weight is 422 g/mol. The van der Waals surface area contributed by atoms with Gasteiger partial charge in [-0.2, -0.15) is 0 Å². The van der Waals surface area contributed by atoms with Crippen molar-refractivity contribution in [1.82, 2.24) is 5.32 Å². The highest BCUT2D eigenvalue weighted by molar-refractivity contribution is 5.94. The summed E-state index contributed by atoms with van der Waals surface area (Å²) >= 11 is 0. The molecule has 3 rings (SSSR count). The summed E-state index contributed by atoms with van der Waals surface area (Å²) in [7, 11) is 0. The van der Waals surface area contributed by atoms with Gasteiger partial charge in [0.05, 0.1) is 12.0 Å². The van der Waals surface area contributed by atoms with Crippen LogP contribution in [-0.4, -0.2) is 24.0 Å². The molecule has 1 amide bonds. The number of carboxylic acids is 1. The number of amides is 1. The fraction of sp³-hybridized carbons (Fsp3) is 0.292. The van der Waals surface area contributed by atoms with E-state index >= 15 is 0 Å². The lowest BCUT2D eigenvalue weighted by molar-refractivity contribution is -0.309. The molecule has 0 saturated carbocycles. The fourth-order valence-corrected chi connectivity index (χ4v) is 3.27. The highest BCUT2D eigenvalue weighted by atomic mass is 16.5. The molecule has 2 aromatic carbocycles. The van der Waals surface area contributed by atoms with Crippen LogP contribution in [0.2, 0.25) is 0 Å². The molecule has 0 aliphatic heterocycles. The number of aliphatic carboxylic acids is 1. The van der Waals surface area contributed by atoms with Gasteiger partial charge in [-0.3, -0.25) is 4.79 Å². The number of hydrogen-bond donors (Lipinski definition) is 1. The van der Waals surface area contributed by atoms with Crippen molar-refractivity contribution >= 4 is 22.8 Å². The van der Waals surface area contributed by atoms with E-state index in [1.807, 2.05) is 37.3 Å². The summed E-state index contributed by atoms with van der Waals surface area (Å²) < 4.78 is 11.0. The maximum atomic E-state index is 12.4. The van der Waals surface area contributed by atoms with E-state index < -0.39 is 29.6 Å². The van der Waals surface area contributed by atoms with Gasteiger partial charge in [0.2, 0.25) is 0 Å². The van der Waals surface area contributed by atoms with Gasteiger partial charge in [0.25, 0.3) is 5.91 Å². The molecule has 0 unspecified atom stereocenters. The van der Waals surface area contributed by atoms with Crippen LogP contribution >= 0.6 is 0 Å². The molecule has 162 valence electrons. The van der Waals surface area contributed by atoms with E-state index in [0.717, 1.165) is 16.5 Å². The normalized spacial score (nSPS) is 13.9. The molecule has 31 heavy (non-hydrogen) atoms. The van der Waals surface area contributed by atoms with Gasteiger partial charge in [0, 0.05) is 17.5 Å². The Hall–Kier alpha value is -3.61. The third kappa shape index (κ3) is 5.12. The van der Waals surface area contributed by atoms with Crippen LogP contribution in [0.3, 0.4) is 0 Å². The number of hydrogen-bond acceptors (Lipinski definition) is 6. The minimum atomic E-state index is -1.34. The predicted molar refractivity (Wildman–Crippen MR) is 114 cm³/mol. The Morgan fingerprint density at radius 1 is 1.10 bits per heavy atom. The first-order valence-electron chi connectivity index (χ1n) is 10.1. The SMILES string of the molecule is CC[C@@H](C)[C@H](NC(=O)[C@@H](C)Oc1ccc2c(-c3ccccc3)cc(=O)oc2c1)C(=O)[O-]. The van der Waals surface area contributed by atoms with E-state index in [-0.39, 0.29) is 5.92 Å². The summed E-state index contributed by atoms with van der Waals surface area (Å²) in [4.78, 5) is 35.8. The molecule has 0 spiro atoms. The molecular weight excluding hydrogens is 398 g/mol. The van der Waals surface area contributed by atoms with Crippen LogP contribution in [-0.2, 0) is 9.59 Å². The van der Waals surface area contributed by atoms with E-state index in [9.17, 15) is 19.5 Å². The van der Waals surface area contributed by atoms with E-state index in [4.69, 9.17) is 9.15 Å². The Kier molecular flexibility index (Phi) is 6.74. The zero-order chi connectivity index (χ0) is 22.5. The minimum absolute atomic E-state index is 0.285. The van der Waals surface area contributed by atoms with Gasteiger partial charge < -0.3 is 24.4 Å². The van der Waals surface area contributed by atoms with E-state index in [0.29, 0.717) is 17.8 Å². The van der Waals surface area contributed by atoms with Crippen LogP contribution in [0.5, 0.6) is 5.75 Å². The molecule has 1 heterocycles. The standard InChI is InChI=1S/C24H25NO6/c1-4-14(2)22(24(28)29)25-23(27)15(3)30-17-10-11-18-19(16-8-6-5-7-9-16)13-21(26)31-20(18)12-17/h5-15,22H,4H2,1-3H3,(H,25,27)(H,28,29)/p-1/t14-,15-,22+/m1/s1. The van der Waals surface area contributed by atoms with E-state index in [2.05, 4.69) is 5.32 Å². The first-order chi connectivity index (χ1) is 14.8. The second-order valence-electron chi connectivity index (χ2n) is 7.45. The number of carboxylic acid groups (broad SMARTS) is 1. The number of carbonyl (C=O) groups excluding carboxylic acids is 2. The summed E-state index contributed by atoms with van der Waals surface area (Å²) in [5.74, 6) is -1.88. The molecule has 7 heteroatoms. The first kappa shape index (κ1) is 22.1. The lowest BCUT2D eigenvalue weighted by Gasteiger charge is -2.26. The van der Waals surface area contributed by atoms with Crippen molar-refractivity contribution < 1.29 is 23.8 Å². The average Bonchev–Trinajstić information content (AvgIpc) is 2.76. The molecule has 1 aromatic heterocycles. The third-order valence-electron chi connectivity index (χ3n) is 5.25. The summed E-state index contributed by atoms with van der Waals surface area (Å²) in [5.41, 5.74) is 1.43. The van der Waals surface area contributed by atoms with Crippen molar-refractivity contribution in [3.63, 3.8) is 0 Å². The lowest BCUT2D eigenvalue weighted by atomic mass is 9.99. The van der Waals surface area contributed by atoms with Crippen molar-refractivity contribution in [2.45, 2.75) is 39.3 Å². The molecular formula is C24H24NO6-. The smallest absolute Gasteiger partial charge is 0.336 e. The third-order valence-corrected chi connectivity index (χ3v) is 5.25. The quantitative estimate of drug-likeness (QED) is 0.559. The van der Waals surface area contributed by atoms with Crippen molar-refractivity contribution in [1.29, 1.82) is 0 Å². The summed E-state index contributed by atoms with van der Waals surface area (Å²) in [5, 5.41) is 14.5. The first-order valence-corrected chi connectivity index (χ1v) is 10.1. The largest absolute Gasteiger partial charge is 0.548 e. The zero-order valence-electron chi connectivity index (χ0n) is 17.6. The number of rotatable bonds is 8. The number of fused-ring (bicyclic) bond motifs is 1. The summed E-state index contributed by atoms with van der Waals surface area (Å²) in [6, 6.07) is 14.7. The maximum Gasteiger partial charge on any atom is 0.336 e. The topological polar surface area (TPSA) is 109 Å². The molecule has 3 atom stereocenters. The lowest BCUT2D eigenvalue weighted by Crippen LogP contribution is -2.54. The van der Waals surface area contributed by atoms with Gasteiger partial charge in [-0.1, -0.05) is 50.6 Å². The molecule has 0 bridgehead atoms. The van der Waals surface area contributed by atoms with Crippen molar-refractivity contribution in [3.05, 3.63) is 65.0 Å². The molecule has 0 aliphatic carbocycles. The Morgan fingerprint density at radius 2 is 1.81 bits per heavy atom. The molecule has 0 aliphatic rings. The predicted octanol–water partition coefficient (Wildman–Crippen LogP) is 2.51. The summed E-state index contributed by atoms with van der Waals surface area (Å²) in [6.45, 7) is 5.07. The maximum absolute atomic E-state index is 12.4. The van der Waals surface area contributed by atoms with Gasteiger partial charge in [0.1, 0.15) is 11.3 Å². The van der Waals surface area contributed by atoms with Crippen molar-refractivity contribution in [3.8, 4) is 16.9 Å². The second-order valence-corrected chi connectivity index (χ2v) is 7.45. The van der Waals surface area contributed by atoms with Crippen molar-refractivity contribution in [2.75, 3.05) is 0 Å². The molecule has 3 aromatic rings. The zero-order valence-corrected chi connectivity index (χ0v) is 17.6. The Morgan fingerprint density at radius 3 is 2.45 bits per heavy atom. The molecule has 1 N–H and O–H groups in total. The summed E-state index contributed by atoms with van der Waals surface area (Å²) in [6.07, 6.45) is -0.394. The molecule has 0 saturated heterocycles.